The number of ketones is 6. The van der Waals surface area contributed by atoms with Crippen LogP contribution in [0.4, 0.5) is 0 Å². The fourth-order valence-electron chi connectivity index (χ4n) is 16.7. The summed E-state index contributed by atoms with van der Waals surface area (Å²) in [6, 6.07) is 4.70. The number of aromatic hydroxyl groups is 4. The summed E-state index contributed by atoms with van der Waals surface area (Å²) in [6.45, 7) is 5.61. The Kier molecular flexibility index (Phi) is 23.9. The third kappa shape index (κ3) is 12.3. The molecule has 8 aliphatic rings. The Morgan fingerprint density at radius 3 is 1.24 bits per heavy atom. The van der Waals surface area contributed by atoms with Crippen LogP contribution in [0.2, 0.25) is 0 Å². The molecule has 110 heavy (non-hydrogen) atoms. The van der Waals surface area contributed by atoms with E-state index in [4.69, 9.17) is 47.4 Å². The van der Waals surface area contributed by atoms with Crippen LogP contribution in [0.25, 0.3) is 0 Å². The number of aliphatic imine (C=N–C) groups is 2. The van der Waals surface area contributed by atoms with E-state index in [1.807, 2.05) is 0 Å². The number of hydrogen-bond acceptors (Lipinski definition) is 34. The summed E-state index contributed by atoms with van der Waals surface area (Å²) in [7, 11) is 9.72. The van der Waals surface area contributed by atoms with Crippen molar-refractivity contribution in [2.45, 2.75) is 138 Å². The van der Waals surface area contributed by atoms with Gasteiger partial charge in [0.05, 0.1) is 134 Å². The quantitative estimate of drug-likeness (QED) is 0.0441. The van der Waals surface area contributed by atoms with E-state index in [0.29, 0.717) is 13.0 Å². The summed E-state index contributed by atoms with van der Waals surface area (Å²) in [5.74, 6) is -14.4. The second-order valence-electron chi connectivity index (χ2n) is 27.6. The maximum atomic E-state index is 14.9. The minimum atomic E-state index is -3.21. The Bertz CT molecular complexity index is 4600. The number of aliphatic hydroxyl groups is 8. The summed E-state index contributed by atoms with van der Waals surface area (Å²) in [5, 5.41) is 143. The molecule has 34 nitrogen and oxygen atoms in total. The van der Waals surface area contributed by atoms with E-state index in [2.05, 4.69) is 20.6 Å². The summed E-state index contributed by atoms with van der Waals surface area (Å²) in [5.41, 5.74) is -18.0. The molecule has 0 saturated carbocycles. The van der Waals surface area contributed by atoms with Crippen molar-refractivity contribution < 1.29 is 147 Å². The number of nitrogens with one attached hydrogen (secondary N) is 2. The number of nitrogens with zero attached hydrogens (tertiary/aromatic N) is 2. The monoisotopic (exact) mass is 1540 g/mol. The molecule has 2 saturated heterocycles. The molecule has 0 unspecified atom stereocenters. The molecule has 0 aromatic heterocycles. The SMILES string of the molecule is C.COCCCN=C1C=C(N[C@H]2O[C@@H](C)[C@H](OC)[C@@H](O)[C@H]2CO)C(=O)c2cc3c(c(O)c21)C(=O)[C@]1(OC)[C@H](O)Cc2cc(C)c(C(=O)OC)c(O)c2[C@]1(O)C3=O.COCCN=C1C=C(N[C@H]2O[C@@H](C)[C@H](OC)[C@@H](O)[C@H]2CO)C(=O)c2cc3c(c(O)c21)C(=O)[C@]1(OC)[C@H](O)Cc2cc(C)c(C(=O)OC)c(O)c2[C@]1(O)C3=O. The highest BCUT2D eigenvalue weighted by molar-refractivity contribution is 6.33. The number of hydrogen-bond donors (Lipinski definition) is 14. The molecular formula is C76H90N4O30. The Morgan fingerprint density at radius 1 is 0.527 bits per heavy atom. The molecule has 16 atom stereocenters. The number of phenolic OH excluding ortho intramolecular Hbond substituents is 4. The molecule has 34 heteroatoms. The van der Waals surface area contributed by atoms with Crippen LogP contribution in [0, 0.1) is 25.7 Å². The summed E-state index contributed by atoms with van der Waals surface area (Å²) in [6.07, 6.45) is -9.43. The molecule has 2 aliphatic heterocycles. The van der Waals surface area contributed by atoms with Gasteiger partial charge in [-0.15, -0.1) is 0 Å². The van der Waals surface area contributed by atoms with Gasteiger partial charge in [0.15, 0.2) is 22.4 Å². The van der Waals surface area contributed by atoms with Crippen LogP contribution in [0.15, 0.2) is 57.8 Å². The molecule has 594 valence electrons. The van der Waals surface area contributed by atoms with E-state index in [1.54, 1.807) is 13.8 Å². The Morgan fingerprint density at radius 2 is 0.900 bits per heavy atom. The fourth-order valence-corrected chi connectivity index (χ4v) is 16.7. The maximum Gasteiger partial charge on any atom is 0.341 e. The first kappa shape index (κ1) is 83.3. The number of aryl methyl sites for hydroxylation is 2. The molecule has 0 spiro atoms. The van der Waals surface area contributed by atoms with Crippen LogP contribution >= 0.6 is 0 Å². The lowest BCUT2D eigenvalue weighted by Crippen LogP contribution is -2.73. The lowest BCUT2D eigenvalue weighted by Gasteiger charge is -2.53. The first-order valence-electron chi connectivity index (χ1n) is 34.6. The lowest BCUT2D eigenvalue weighted by molar-refractivity contribution is -0.214. The highest BCUT2D eigenvalue weighted by Gasteiger charge is 2.75. The van der Waals surface area contributed by atoms with Gasteiger partial charge in [-0.05, 0) is 80.7 Å². The fraction of sp³-hybridized carbons (Fsp3) is 0.500. The Balaban J connectivity index is 0.000000232. The van der Waals surface area contributed by atoms with Gasteiger partial charge in [-0.2, -0.15) is 0 Å². The first-order chi connectivity index (χ1) is 51.7. The largest absolute Gasteiger partial charge is 0.507 e. The molecule has 0 radical (unpaired) electrons. The number of Topliss-reactive ketones (excluding diaryl/α,β-unsaturated/α-hetero) is 6. The van der Waals surface area contributed by atoms with Gasteiger partial charge in [-0.25, -0.2) is 9.59 Å². The van der Waals surface area contributed by atoms with Gasteiger partial charge in [0, 0.05) is 102 Å². The zero-order valence-corrected chi connectivity index (χ0v) is 61.4. The highest BCUT2D eigenvalue weighted by atomic mass is 16.6. The number of aliphatic hydroxyl groups excluding tert-OH is 6. The van der Waals surface area contributed by atoms with Crippen molar-refractivity contribution in [3.05, 3.63) is 137 Å². The molecule has 0 bridgehead atoms. The first-order valence-corrected chi connectivity index (χ1v) is 34.6. The third-order valence-electron chi connectivity index (χ3n) is 22.0. The summed E-state index contributed by atoms with van der Waals surface area (Å²) in [4.78, 5) is 122. The van der Waals surface area contributed by atoms with Crippen molar-refractivity contribution >= 4 is 58.1 Å². The topological polar surface area (TPSA) is 520 Å². The van der Waals surface area contributed by atoms with Crippen molar-refractivity contribution in [1.82, 2.24) is 10.6 Å². The van der Waals surface area contributed by atoms with Crippen LogP contribution < -0.4 is 10.6 Å². The van der Waals surface area contributed by atoms with Gasteiger partial charge >= 0.3 is 11.9 Å². The number of phenols is 4. The number of carbonyl (C=O) groups is 8. The smallest absolute Gasteiger partial charge is 0.341 e. The van der Waals surface area contributed by atoms with Gasteiger partial charge in [0.2, 0.25) is 34.7 Å². The molecule has 2 heterocycles. The van der Waals surface area contributed by atoms with Crippen LogP contribution in [-0.2, 0) is 71.4 Å². The summed E-state index contributed by atoms with van der Waals surface area (Å²) < 4.78 is 53.7. The zero-order valence-electron chi connectivity index (χ0n) is 61.4. The number of benzene rings is 4. The van der Waals surface area contributed by atoms with Gasteiger partial charge in [-0.3, -0.25) is 38.8 Å². The minimum Gasteiger partial charge on any atom is -0.507 e. The Labute approximate surface area is 629 Å². The Hall–Kier alpha value is -9.18. The molecule has 12 rings (SSSR count). The van der Waals surface area contributed by atoms with Crippen LogP contribution in [-0.4, -0.2) is 288 Å². The van der Waals surface area contributed by atoms with Crippen LogP contribution in [0.3, 0.4) is 0 Å². The average molecular weight is 1540 g/mol. The molecule has 4 aromatic carbocycles. The van der Waals surface area contributed by atoms with E-state index < -0.39 is 236 Å². The zero-order chi connectivity index (χ0) is 79.9. The van der Waals surface area contributed by atoms with Gasteiger partial charge in [0.1, 0.15) is 58.8 Å². The van der Waals surface area contributed by atoms with Crippen LogP contribution in [0.1, 0.15) is 155 Å². The van der Waals surface area contributed by atoms with Gasteiger partial charge in [-0.1, -0.05) is 19.6 Å². The lowest BCUT2D eigenvalue weighted by atomic mass is 9.56. The predicted octanol–water partition coefficient (Wildman–Crippen LogP) is 0.219. The normalized spacial score (nSPS) is 30.5. The number of fused-ring (bicyclic) bond motifs is 10. The number of esters is 2. The number of carbonyl (C=O) groups excluding carboxylic acids is 8. The predicted molar refractivity (Wildman–Crippen MR) is 381 cm³/mol. The number of ether oxygens (including phenoxy) is 10. The number of methoxy groups -OCH3 is 8. The van der Waals surface area contributed by atoms with E-state index in [0.717, 1.165) is 40.6 Å². The van der Waals surface area contributed by atoms with E-state index in [9.17, 15) is 99.6 Å². The van der Waals surface area contributed by atoms with Crippen molar-refractivity contribution in [1.29, 1.82) is 0 Å². The minimum absolute atomic E-state index is 0. The molecule has 14 N–H and O–H groups in total. The van der Waals surface area contributed by atoms with Crippen LogP contribution in [0.5, 0.6) is 23.0 Å². The average Bonchev–Trinajstić information content (AvgIpc) is 0.674. The molecular weight excluding hydrogens is 1450 g/mol. The molecule has 6 aliphatic carbocycles. The van der Waals surface area contributed by atoms with Gasteiger partial charge in [0.25, 0.3) is 0 Å². The molecule has 0 amide bonds. The number of rotatable bonds is 19. The van der Waals surface area contributed by atoms with Crippen molar-refractivity contribution in [3.8, 4) is 23.0 Å². The van der Waals surface area contributed by atoms with E-state index in [1.165, 1.54) is 66.6 Å². The van der Waals surface area contributed by atoms with Crippen molar-refractivity contribution in [2.24, 2.45) is 21.8 Å². The standard InChI is InChI=1S/C38H44N2O15.C37H42N2O15.CH4/c1-15-10-17-11-23(42)38(54-6)34(48)26-19(33(47)37(38,50)27(17)31(46)24(15)36(49)53-5)12-18-25(30(26)45)21(39-8-7-9-51-3)13-22(28(18)43)40-35-20(14-41)29(44)32(52-4)16(2)55-35;1-14-9-16-10-22(41)37(53-6)33(47)25-18(32(46)36(37,49)26(16)30(45)23(14)35(48)52-5)11-17-24(29(25)44)20(38-7-8-50-3)12-21(27(17)42)39-34-19(13-40)28(43)31(51-4)15(2)54-34;/h10,12-13,16,20,23,29,32,35,40-42,44-46,50H,7-9,11,14H2,1-6H3;9,11-12,15,19,22,28,31,34,39-41,43-45,49H,7-8,10,13H2,1-6H3;1H4/t16-,20+,23+,29-,32-,35-,37-,38+;15-,19+,22+,28-,31-,34-,36-,37+;/m00./s1. The third-order valence-corrected chi connectivity index (χ3v) is 22.0. The maximum absolute atomic E-state index is 14.9. The molecule has 2 fully saturated rings. The van der Waals surface area contributed by atoms with E-state index in [-0.39, 0.29) is 94.4 Å². The van der Waals surface area contributed by atoms with Gasteiger partial charge < -0.3 is 119 Å². The van der Waals surface area contributed by atoms with E-state index >= 15 is 0 Å². The van der Waals surface area contributed by atoms with Crippen molar-refractivity contribution in [2.75, 3.05) is 96.4 Å². The second kappa shape index (κ2) is 31.5. The highest BCUT2D eigenvalue weighted by Crippen LogP contribution is 2.59. The van der Waals surface area contributed by atoms with Crippen molar-refractivity contribution in [3.63, 3.8) is 0 Å². The number of allylic oxidation sites excluding steroid dienone is 4. The summed E-state index contributed by atoms with van der Waals surface area (Å²) >= 11 is 0. The molecule has 4 aromatic rings. The second-order valence-corrected chi connectivity index (χ2v) is 27.6.